The van der Waals surface area contributed by atoms with Crippen molar-refractivity contribution in [3.05, 3.63) is 23.8 Å². The van der Waals surface area contributed by atoms with E-state index < -0.39 is 11.4 Å². The maximum atomic E-state index is 10.9. The van der Waals surface area contributed by atoms with Gasteiger partial charge in [-0.2, -0.15) is 0 Å². The minimum Gasteiger partial charge on any atom is -0.481 e. The van der Waals surface area contributed by atoms with Gasteiger partial charge in [0.2, 0.25) is 0 Å². The Kier molecular flexibility index (Phi) is 2.87. The number of carboxylic acid groups (broad SMARTS) is 1. The average Bonchev–Trinajstić information content (AvgIpc) is 2.67. The van der Waals surface area contributed by atoms with E-state index in [4.69, 9.17) is 9.84 Å². The van der Waals surface area contributed by atoms with Gasteiger partial charge in [-0.15, -0.1) is 0 Å². The summed E-state index contributed by atoms with van der Waals surface area (Å²) in [5.74, 6) is -0.126. The molecule has 1 fully saturated rings. The summed E-state index contributed by atoms with van der Waals surface area (Å²) in [6.45, 7) is 2.84. The summed E-state index contributed by atoms with van der Waals surface area (Å²) in [5.41, 5.74) is 0.414. The number of aryl methyl sites for hydroxylation is 1. The van der Waals surface area contributed by atoms with Gasteiger partial charge in [-0.3, -0.25) is 4.79 Å². The number of aromatic nitrogens is 2. The standard InChI is InChI=1S/C11H14N2O3/c1-8-12-5-9(6-13-8)11(4-10(14)15)2-3-16-7-11/h5-6H,2-4,7H2,1H3,(H,14,15). The van der Waals surface area contributed by atoms with Gasteiger partial charge in [0, 0.05) is 24.4 Å². The highest BCUT2D eigenvalue weighted by atomic mass is 16.5. The summed E-state index contributed by atoms with van der Waals surface area (Å²) in [7, 11) is 0. The third-order valence-electron chi connectivity index (χ3n) is 2.99. The van der Waals surface area contributed by atoms with Gasteiger partial charge >= 0.3 is 5.97 Å². The van der Waals surface area contributed by atoms with Crippen LogP contribution in [0.25, 0.3) is 0 Å². The molecular formula is C11H14N2O3. The number of hydrogen-bond donors (Lipinski definition) is 1. The molecule has 1 atom stereocenters. The van der Waals surface area contributed by atoms with Gasteiger partial charge < -0.3 is 9.84 Å². The van der Waals surface area contributed by atoms with Crippen molar-refractivity contribution in [3.63, 3.8) is 0 Å². The molecule has 1 N–H and O–H groups in total. The summed E-state index contributed by atoms with van der Waals surface area (Å²) in [4.78, 5) is 19.1. The fourth-order valence-corrected chi connectivity index (χ4v) is 2.03. The van der Waals surface area contributed by atoms with E-state index in [1.165, 1.54) is 0 Å². The van der Waals surface area contributed by atoms with Crippen LogP contribution in [0.5, 0.6) is 0 Å². The quantitative estimate of drug-likeness (QED) is 0.823. The van der Waals surface area contributed by atoms with Crippen LogP contribution in [0.3, 0.4) is 0 Å². The van der Waals surface area contributed by atoms with E-state index in [-0.39, 0.29) is 6.42 Å². The van der Waals surface area contributed by atoms with Crippen LogP contribution < -0.4 is 0 Å². The normalized spacial score (nSPS) is 24.6. The van der Waals surface area contributed by atoms with E-state index in [1.54, 1.807) is 19.3 Å². The molecule has 0 bridgehead atoms. The number of carbonyl (C=O) groups is 1. The Morgan fingerprint density at radius 3 is 2.75 bits per heavy atom. The van der Waals surface area contributed by atoms with Crippen LogP contribution in [0, 0.1) is 6.92 Å². The van der Waals surface area contributed by atoms with Crippen LogP contribution in [0.15, 0.2) is 12.4 Å². The molecule has 2 heterocycles. The SMILES string of the molecule is Cc1ncc(C2(CC(=O)O)CCOC2)cn1. The molecule has 0 amide bonds. The predicted octanol–water partition coefficient (Wildman–Crippen LogP) is 0.918. The number of nitrogens with zero attached hydrogens (tertiary/aromatic N) is 2. The van der Waals surface area contributed by atoms with Crippen molar-refractivity contribution in [2.45, 2.75) is 25.2 Å². The second-order valence-electron chi connectivity index (χ2n) is 4.17. The fraction of sp³-hybridized carbons (Fsp3) is 0.545. The lowest BCUT2D eigenvalue weighted by molar-refractivity contribution is -0.138. The van der Waals surface area contributed by atoms with Crippen molar-refractivity contribution in [2.75, 3.05) is 13.2 Å². The maximum absolute atomic E-state index is 10.9. The van der Waals surface area contributed by atoms with Crippen molar-refractivity contribution in [1.82, 2.24) is 9.97 Å². The molecule has 1 saturated heterocycles. The zero-order valence-corrected chi connectivity index (χ0v) is 9.14. The van der Waals surface area contributed by atoms with Gasteiger partial charge in [0.25, 0.3) is 0 Å². The first-order valence-corrected chi connectivity index (χ1v) is 5.21. The fourth-order valence-electron chi connectivity index (χ4n) is 2.03. The third kappa shape index (κ3) is 2.04. The van der Waals surface area contributed by atoms with E-state index in [9.17, 15) is 4.79 Å². The molecule has 5 nitrogen and oxygen atoms in total. The van der Waals surface area contributed by atoms with E-state index in [1.807, 2.05) is 0 Å². The zero-order chi connectivity index (χ0) is 11.6. The Morgan fingerprint density at radius 1 is 1.56 bits per heavy atom. The van der Waals surface area contributed by atoms with Gasteiger partial charge in [-0.1, -0.05) is 0 Å². The minimum absolute atomic E-state index is 0.0689. The van der Waals surface area contributed by atoms with Gasteiger partial charge in [0.15, 0.2) is 0 Å². The highest BCUT2D eigenvalue weighted by molar-refractivity contribution is 5.69. The Morgan fingerprint density at radius 2 is 2.25 bits per heavy atom. The molecule has 0 saturated carbocycles. The summed E-state index contributed by atoms with van der Waals surface area (Å²) in [6, 6.07) is 0. The molecule has 0 spiro atoms. The first kappa shape index (κ1) is 11.0. The zero-order valence-electron chi connectivity index (χ0n) is 9.14. The largest absolute Gasteiger partial charge is 0.481 e. The van der Waals surface area contributed by atoms with E-state index in [0.29, 0.717) is 25.5 Å². The summed E-state index contributed by atoms with van der Waals surface area (Å²) < 4.78 is 5.33. The second-order valence-corrected chi connectivity index (χ2v) is 4.17. The molecule has 86 valence electrons. The number of carboxylic acids is 1. The topological polar surface area (TPSA) is 72.3 Å². The predicted molar refractivity (Wildman–Crippen MR) is 56.1 cm³/mol. The first-order valence-electron chi connectivity index (χ1n) is 5.21. The Balaban J connectivity index is 2.31. The monoisotopic (exact) mass is 222 g/mol. The molecular weight excluding hydrogens is 208 g/mol. The van der Waals surface area contributed by atoms with Crippen LogP contribution in [-0.4, -0.2) is 34.3 Å². The molecule has 1 aliphatic rings. The number of aliphatic carboxylic acids is 1. The molecule has 1 aromatic rings. The van der Waals surface area contributed by atoms with Gasteiger partial charge in [0.1, 0.15) is 5.82 Å². The van der Waals surface area contributed by atoms with Crippen molar-refractivity contribution in [3.8, 4) is 0 Å². The van der Waals surface area contributed by atoms with Crippen LogP contribution in [-0.2, 0) is 14.9 Å². The summed E-state index contributed by atoms with van der Waals surface area (Å²) in [6.07, 6.45) is 4.20. The molecule has 0 aliphatic carbocycles. The lowest BCUT2D eigenvalue weighted by atomic mass is 9.78. The molecule has 1 aliphatic heterocycles. The van der Waals surface area contributed by atoms with E-state index in [0.717, 1.165) is 5.56 Å². The highest BCUT2D eigenvalue weighted by Crippen LogP contribution is 2.35. The number of ether oxygens (including phenoxy) is 1. The lowest BCUT2D eigenvalue weighted by Gasteiger charge is -2.25. The number of rotatable bonds is 3. The Hall–Kier alpha value is -1.49. The highest BCUT2D eigenvalue weighted by Gasteiger charge is 2.39. The second kappa shape index (κ2) is 4.17. The van der Waals surface area contributed by atoms with Crippen LogP contribution in [0.2, 0.25) is 0 Å². The van der Waals surface area contributed by atoms with E-state index in [2.05, 4.69) is 9.97 Å². The molecule has 1 aromatic heterocycles. The average molecular weight is 222 g/mol. The molecule has 16 heavy (non-hydrogen) atoms. The lowest BCUT2D eigenvalue weighted by Crippen LogP contribution is -2.30. The van der Waals surface area contributed by atoms with Crippen molar-refractivity contribution in [1.29, 1.82) is 0 Å². The smallest absolute Gasteiger partial charge is 0.304 e. The molecule has 0 radical (unpaired) electrons. The summed E-state index contributed by atoms with van der Waals surface area (Å²) >= 11 is 0. The third-order valence-corrected chi connectivity index (χ3v) is 2.99. The molecule has 0 aromatic carbocycles. The Bertz CT molecular complexity index is 383. The van der Waals surface area contributed by atoms with Gasteiger partial charge in [-0.25, -0.2) is 9.97 Å². The van der Waals surface area contributed by atoms with Crippen molar-refractivity contribution >= 4 is 5.97 Å². The van der Waals surface area contributed by atoms with E-state index >= 15 is 0 Å². The van der Waals surface area contributed by atoms with Crippen LogP contribution >= 0.6 is 0 Å². The Labute approximate surface area is 93.5 Å². The molecule has 1 unspecified atom stereocenters. The van der Waals surface area contributed by atoms with Crippen LogP contribution in [0.1, 0.15) is 24.2 Å². The summed E-state index contributed by atoms with van der Waals surface area (Å²) in [5, 5.41) is 8.96. The first-order chi connectivity index (χ1) is 7.62. The van der Waals surface area contributed by atoms with Gasteiger partial charge in [-0.05, 0) is 18.9 Å². The van der Waals surface area contributed by atoms with Crippen LogP contribution in [0.4, 0.5) is 0 Å². The maximum Gasteiger partial charge on any atom is 0.304 e. The molecule has 2 rings (SSSR count). The van der Waals surface area contributed by atoms with Gasteiger partial charge in [0.05, 0.1) is 13.0 Å². The van der Waals surface area contributed by atoms with Crippen molar-refractivity contribution in [2.24, 2.45) is 0 Å². The number of hydrogen-bond acceptors (Lipinski definition) is 4. The van der Waals surface area contributed by atoms with Crippen molar-refractivity contribution < 1.29 is 14.6 Å². The molecule has 5 heteroatoms. The minimum atomic E-state index is -0.814.